The predicted molar refractivity (Wildman–Crippen MR) is 89.3 cm³/mol. The van der Waals surface area contributed by atoms with Gasteiger partial charge in [-0.2, -0.15) is 5.10 Å². The van der Waals surface area contributed by atoms with Crippen molar-refractivity contribution in [3.8, 4) is 0 Å². The maximum atomic E-state index is 5.94. The Bertz CT molecular complexity index is 594. The molecule has 0 radical (unpaired) electrons. The number of anilines is 1. The SMILES string of the molecule is C[C@@H](c1ccncc1)N1CCO[C@H](CN(C)c2cccnn2)C1. The van der Waals surface area contributed by atoms with Gasteiger partial charge in [0.2, 0.25) is 0 Å². The summed E-state index contributed by atoms with van der Waals surface area (Å²) >= 11 is 0. The second-order valence-corrected chi connectivity index (χ2v) is 5.91. The van der Waals surface area contributed by atoms with Crippen LogP contribution in [-0.2, 0) is 4.74 Å². The highest BCUT2D eigenvalue weighted by Gasteiger charge is 2.26. The molecule has 1 saturated heterocycles. The lowest BCUT2D eigenvalue weighted by Gasteiger charge is -2.38. The Labute approximate surface area is 137 Å². The summed E-state index contributed by atoms with van der Waals surface area (Å²) in [6.07, 6.45) is 5.56. The van der Waals surface area contributed by atoms with Gasteiger partial charge in [-0.3, -0.25) is 9.88 Å². The fourth-order valence-electron chi connectivity index (χ4n) is 2.95. The highest BCUT2D eigenvalue weighted by molar-refractivity contribution is 5.35. The second-order valence-electron chi connectivity index (χ2n) is 5.91. The van der Waals surface area contributed by atoms with E-state index in [4.69, 9.17) is 4.74 Å². The summed E-state index contributed by atoms with van der Waals surface area (Å²) in [4.78, 5) is 8.66. The third-order valence-electron chi connectivity index (χ3n) is 4.33. The van der Waals surface area contributed by atoms with Crippen molar-refractivity contribution in [1.82, 2.24) is 20.1 Å². The van der Waals surface area contributed by atoms with Crippen LogP contribution >= 0.6 is 0 Å². The first-order valence-corrected chi connectivity index (χ1v) is 7.98. The number of morpholine rings is 1. The quantitative estimate of drug-likeness (QED) is 0.838. The molecular formula is C17H23N5O. The van der Waals surface area contributed by atoms with Crippen molar-refractivity contribution in [2.75, 3.05) is 38.2 Å². The number of nitrogens with zero attached hydrogens (tertiary/aromatic N) is 5. The molecule has 0 aromatic carbocycles. The van der Waals surface area contributed by atoms with Crippen molar-refractivity contribution in [2.45, 2.75) is 19.1 Å². The van der Waals surface area contributed by atoms with E-state index in [-0.39, 0.29) is 6.10 Å². The lowest BCUT2D eigenvalue weighted by Crippen LogP contribution is -2.47. The van der Waals surface area contributed by atoms with Gasteiger partial charge in [0.1, 0.15) is 0 Å². The molecule has 3 rings (SSSR count). The highest BCUT2D eigenvalue weighted by Crippen LogP contribution is 2.22. The fraction of sp³-hybridized carbons (Fsp3) is 0.471. The molecule has 0 unspecified atom stereocenters. The van der Waals surface area contributed by atoms with E-state index >= 15 is 0 Å². The minimum Gasteiger partial charge on any atom is -0.374 e. The van der Waals surface area contributed by atoms with Gasteiger partial charge in [-0.25, -0.2) is 0 Å². The smallest absolute Gasteiger partial charge is 0.151 e. The van der Waals surface area contributed by atoms with Crippen LogP contribution in [-0.4, -0.2) is 59.5 Å². The Balaban J connectivity index is 1.60. The summed E-state index contributed by atoms with van der Waals surface area (Å²) in [5.74, 6) is 0.871. The van der Waals surface area contributed by atoms with Crippen molar-refractivity contribution in [2.24, 2.45) is 0 Å². The van der Waals surface area contributed by atoms with Crippen LogP contribution in [0.25, 0.3) is 0 Å². The van der Waals surface area contributed by atoms with Gasteiger partial charge < -0.3 is 9.64 Å². The van der Waals surface area contributed by atoms with E-state index in [1.165, 1.54) is 5.56 Å². The van der Waals surface area contributed by atoms with E-state index in [1.807, 2.05) is 31.6 Å². The van der Waals surface area contributed by atoms with Crippen molar-refractivity contribution >= 4 is 5.82 Å². The third kappa shape index (κ3) is 4.03. The average Bonchev–Trinajstić information content (AvgIpc) is 2.63. The summed E-state index contributed by atoms with van der Waals surface area (Å²) in [5.41, 5.74) is 1.29. The normalized spacial score (nSPS) is 20.2. The van der Waals surface area contributed by atoms with Gasteiger partial charge in [0.05, 0.1) is 12.7 Å². The number of hydrogen-bond donors (Lipinski definition) is 0. The van der Waals surface area contributed by atoms with Gasteiger partial charge >= 0.3 is 0 Å². The molecule has 1 aliphatic heterocycles. The van der Waals surface area contributed by atoms with Crippen LogP contribution in [0.2, 0.25) is 0 Å². The molecule has 0 spiro atoms. The summed E-state index contributed by atoms with van der Waals surface area (Å²) in [5, 5.41) is 8.08. The molecule has 2 atom stereocenters. The molecule has 0 N–H and O–H groups in total. The van der Waals surface area contributed by atoms with E-state index in [1.54, 1.807) is 6.20 Å². The zero-order valence-corrected chi connectivity index (χ0v) is 13.7. The van der Waals surface area contributed by atoms with Crippen molar-refractivity contribution < 1.29 is 4.74 Å². The number of rotatable bonds is 5. The largest absolute Gasteiger partial charge is 0.374 e. The molecule has 0 bridgehead atoms. The zero-order valence-electron chi connectivity index (χ0n) is 13.7. The van der Waals surface area contributed by atoms with Crippen LogP contribution in [0.15, 0.2) is 42.9 Å². The zero-order chi connectivity index (χ0) is 16.1. The van der Waals surface area contributed by atoms with E-state index in [0.29, 0.717) is 6.04 Å². The minimum absolute atomic E-state index is 0.167. The molecule has 2 aromatic heterocycles. The molecule has 1 fully saturated rings. The summed E-state index contributed by atoms with van der Waals surface area (Å²) in [6, 6.07) is 8.40. The summed E-state index contributed by atoms with van der Waals surface area (Å²) in [6.45, 7) is 5.67. The van der Waals surface area contributed by atoms with Gasteiger partial charge in [0.15, 0.2) is 5.82 Å². The first kappa shape index (κ1) is 15.8. The number of ether oxygens (including phenoxy) is 1. The monoisotopic (exact) mass is 313 g/mol. The molecule has 0 aliphatic carbocycles. The van der Waals surface area contributed by atoms with Crippen LogP contribution in [0.4, 0.5) is 5.82 Å². The van der Waals surface area contributed by atoms with Gasteiger partial charge in [-0.1, -0.05) is 0 Å². The Morgan fingerprint density at radius 3 is 2.87 bits per heavy atom. The number of aromatic nitrogens is 3. The van der Waals surface area contributed by atoms with E-state index in [0.717, 1.165) is 32.1 Å². The average molecular weight is 313 g/mol. The first-order chi connectivity index (χ1) is 11.2. The maximum Gasteiger partial charge on any atom is 0.151 e. The Morgan fingerprint density at radius 2 is 2.13 bits per heavy atom. The summed E-state index contributed by atoms with van der Waals surface area (Å²) < 4.78 is 5.94. The molecule has 2 aromatic rings. The lowest BCUT2D eigenvalue weighted by atomic mass is 10.1. The predicted octanol–water partition coefficient (Wildman–Crippen LogP) is 1.77. The third-order valence-corrected chi connectivity index (χ3v) is 4.33. The van der Waals surface area contributed by atoms with E-state index < -0.39 is 0 Å². The molecule has 0 saturated carbocycles. The highest BCUT2D eigenvalue weighted by atomic mass is 16.5. The van der Waals surface area contributed by atoms with Gasteiger partial charge in [0, 0.05) is 51.3 Å². The molecule has 3 heterocycles. The van der Waals surface area contributed by atoms with Crippen LogP contribution in [0.1, 0.15) is 18.5 Å². The number of likely N-dealkylation sites (N-methyl/N-ethyl adjacent to an activating group) is 1. The molecule has 1 aliphatic rings. The van der Waals surface area contributed by atoms with Crippen LogP contribution < -0.4 is 4.90 Å². The minimum atomic E-state index is 0.167. The van der Waals surface area contributed by atoms with Gasteiger partial charge in [-0.15, -0.1) is 5.10 Å². The molecule has 23 heavy (non-hydrogen) atoms. The Kier molecular flexibility index (Phi) is 5.15. The fourth-order valence-corrected chi connectivity index (χ4v) is 2.95. The molecule has 6 heteroatoms. The van der Waals surface area contributed by atoms with E-state index in [9.17, 15) is 0 Å². The molecule has 0 amide bonds. The maximum absolute atomic E-state index is 5.94. The van der Waals surface area contributed by atoms with E-state index in [2.05, 4.69) is 44.0 Å². The van der Waals surface area contributed by atoms with Crippen LogP contribution in [0, 0.1) is 0 Å². The summed E-state index contributed by atoms with van der Waals surface area (Å²) in [7, 11) is 2.03. The molecular weight excluding hydrogens is 290 g/mol. The molecule has 122 valence electrons. The van der Waals surface area contributed by atoms with Crippen LogP contribution in [0.5, 0.6) is 0 Å². The van der Waals surface area contributed by atoms with Gasteiger partial charge in [-0.05, 0) is 36.8 Å². The lowest BCUT2D eigenvalue weighted by molar-refractivity contribution is -0.0368. The number of hydrogen-bond acceptors (Lipinski definition) is 6. The van der Waals surface area contributed by atoms with Crippen molar-refractivity contribution in [1.29, 1.82) is 0 Å². The van der Waals surface area contributed by atoms with Crippen molar-refractivity contribution in [3.05, 3.63) is 48.4 Å². The Hall–Kier alpha value is -2.05. The second kappa shape index (κ2) is 7.48. The topological polar surface area (TPSA) is 54.4 Å². The first-order valence-electron chi connectivity index (χ1n) is 7.98. The van der Waals surface area contributed by atoms with Crippen molar-refractivity contribution in [3.63, 3.8) is 0 Å². The van der Waals surface area contributed by atoms with Gasteiger partial charge in [0.25, 0.3) is 0 Å². The standard InChI is InChI=1S/C17H23N5O/c1-14(15-5-8-18-9-6-15)22-10-11-23-16(13-22)12-21(2)17-4-3-7-19-20-17/h3-9,14,16H,10-13H2,1-2H3/t14-,16+/m0/s1. The number of pyridine rings is 1. The Morgan fingerprint density at radius 1 is 1.30 bits per heavy atom. The van der Waals surface area contributed by atoms with Crippen LogP contribution in [0.3, 0.4) is 0 Å². The molecule has 6 nitrogen and oxygen atoms in total.